The van der Waals surface area contributed by atoms with Gasteiger partial charge in [-0.05, 0) is 31.4 Å². The topological polar surface area (TPSA) is 32.3 Å². The van der Waals surface area contributed by atoms with Crippen LogP contribution in [0.3, 0.4) is 0 Å². The summed E-state index contributed by atoms with van der Waals surface area (Å²) in [7, 11) is 0. The second-order valence-corrected chi connectivity index (χ2v) is 5.61. The van der Waals surface area contributed by atoms with Gasteiger partial charge in [0.05, 0.1) is 5.60 Å². The molecule has 0 radical (unpaired) electrons. The molecule has 0 unspecified atom stereocenters. The van der Waals surface area contributed by atoms with Gasteiger partial charge < -0.3 is 10.4 Å². The van der Waals surface area contributed by atoms with Crippen LogP contribution in [0.2, 0.25) is 0 Å². The lowest BCUT2D eigenvalue weighted by Crippen LogP contribution is -2.40. The van der Waals surface area contributed by atoms with Gasteiger partial charge in [0.1, 0.15) is 0 Å². The molecule has 0 bridgehead atoms. The molecule has 0 aliphatic rings. The Morgan fingerprint density at radius 3 is 2.15 bits per heavy atom. The minimum absolute atomic E-state index is 0.326. The average molecular weight is 269 g/mol. The van der Waals surface area contributed by atoms with Gasteiger partial charge in [0, 0.05) is 12.6 Å². The Kier molecular flexibility index (Phi) is 4.94. The molecule has 0 heterocycles. The van der Waals surface area contributed by atoms with Gasteiger partial charge in [-0.2, -0.15) is 0 Å². The van der Waals surface area contributed by atoms with Crippen LogP contribution in [-0.4, -0.2) is 17.7 Å². The maximum atomic E-state index is 10.5. The zero-order valence-corrected chi connectivity index (χ0v) is 12.2. The van der Waals surface area contributed by atoms with E-state index in [9.17, 15) is 5.11 Å². The van der Waals surface area contributed by atoms with Crippen LogP contribution in [0, 0.1) is 0 Å². The van der Waals surface area contributed by atoms with Crippen LogP contribution in [0.25, 0.3) is 0 Å². The van der Waals surface area contributed by atoms with Gasteiger partial charge in [0.25, 0.3) is 0 Å². The molecular weight excluding hydrogens is 246 g/mol. The minimum atomic E-state index is -0.841. The molecule has 0 aliphatic carbocycles. The number of rotatable bonds is 6. The summed E-state index contributed by atoms with van der Waals surface area (Å²) < 4.78 is 0. The first-order valence-corrected chi connectivity index (χ1v) is 7.13. The Bertz CT molecular complexity index is 507. The summed E-state index contributed by atoms with van der Waals surface area (Å²) in [6.07, 6.45) is 0.964. The fourth-order valence-electron chi connectivity index (χ4n) is 2.31. The van der Waals surface area contributed by atoms with Crippen molar-refractivity contribution in [1.82, 2.24) is 5.32 Å². The van der Waals surface area contributed by atoms with Gasteiger partial charge in [-0.25, -0.2) is 0 Å². The molecule has 2 aromatic carbocycles. The monoisotopic (exact) mass is 269 g/mol. The number of hydrogen-bond donors (Lipinski definition) is 2. The standard InChI is InChI=1S/C18H23NO/c1-15(13-16-9-5-3-6-10-16)19-14-18(2,20)17-11-7-4-8-12-17/h3-12,15,19-20H,13-14H2,1-2H3/t15-,18+/m0/s1. The molecule has 2 rings (SSSR count). The molecule has 106 valence electrons. The first kappa shape index (κ1) is 14.8. The van der Waals surface area contributed by atoms with Gasteiger partial charge in [-0.15, -0.1) is 0 Å². The van der Waals surface area contributed by atoms with E-state index in [0.717, 1.165) is 12.0 Å². The predicted octanol–water partition coefficient (Wildman–Crippen LogP) is 3.11. The second-order valence-electron chi connectivity index (χ2n) is 5.61. The molecule has 0 aliphatic heterocycles. The van der Waals surface area contributed by atoms with Crippen molar-refractivity contribution in [3.63, 3.8) is 0 Å². The highest BCUT2D eigenvalue weighted by atomic mass is 16.3. The summed E-state index contributed by atoms with van der Waals surface area (Å²) >= 11 is 0. The van der Waals surface area contributed by atoms with Crippen LogP contribution >= 0.6 is 0 Å². The van der Waals surface area contributed by atoms with Crippen molar-refractivity contribution in [1.29, 1.82) is 0 Å². The van der Waals surface area contributed by atoms with Crippen LogP contribution in [0.4, 0.5) is 0 Å². The van der Waals surface area contributed by atoms with Crippen LogP contribution in [-0.2, 0) is 12.0 Å². The average Bonchev–Trinajstić information content (AvgIpc) is 2.47. The third-order valence-corrected chi connectivity index (χ3v) is 3.58. The molecule has 2 N–H and O–H groups in total. The van der Waals surface area contributed by atoms with Crippen molar-refractivity contribution in [2.45, 2.75) is 31.9 Å². The highest BCUT2D eigenvalue weighted by molar-refractivity contribution is 5.22. The molecule has 2 aromatic rings. The lowest BCUT2D eigenvalue weighted by Gasteiger charge is -2.26. The Balaban J connectivity index is 1.88. The molecule has 2 nitrogen and oxygen atoms in total. The Morgan fingerprint density at radius 1 is 1.00 bits per heavy atom. The number of nitrogens with one attached hydrogen (secondary N) is 1. The van der Waals surface area contributed by atoms with Crippen molar-refractivity contribution in [3.8, 4) is 0 Å². The van der Waals surface area contributed by atoms with Gasteiger partial charge in [0.2, 0.25) is 0 Å². The minimum Gasteiger partial charge on any atom is -0.384 e. The van der Waals surface area contributed by atoms with Crippen molar-refractivity contribution >= 4 is 0 Å². The van der Waals surface area contributed by atoms with E-state index in [1.54, 1.807) is 0 Å². The van der Waals surface area contributed by atoms with Crippen molar-refractivity contribution in [2.24, 2.45) is 0 Å². The van der Waals surface area contributed by atoms with E-state index in [2.05, 4.69) is 36.5 Å². The fourth-order valence-corrected chi connectivity index (χ4v) is 2.31. The fraction of sp³-hybridized carbons (Fsp3) is 0.333. The van der Waals surface area contributed by atoms with E-state index in [1.807, 2.05) is 43.3 Å². The zero-order chi connectivity index (χ0) is 14.4. The highest BCUT2D eigenvalue weighted by Crippen LogP contribution is 2.19. The maximum Gasteiger partial charge on any atom is 0.0992 e. The van der Waals surface area contributed by atoms with Crippen molar-refractivity contribution in [3.05, 3.63) is 71.8 Å². The van der Waals surface area contributed by atoms with Crippen LogP contribution in [0.1, 0.15) is 25.0 Å². The Labute approximate surface area is 121 Å². The van der Waals surface area contributed by atoms with E-state index >= 15 is 0 Å². The molecule has 0 saturated heterocycles. The summed E-state index contributed by atoms with van der Waals surface area (Å²) in [6, 6.07) is 20.5. The summed E-state index contributed by atoms with van der Waals surface area (Å²) in [4.78, 5) is 0. The van der Waals surface area contributed by atoms with E-state index < -0.39 is 5.60 Å². The molecule has 0 amide bonds. The van der Waals surface area contributed by atoms with Gasteiger partial charge in [-0.3, -0.25) is 0 Å². The lowest BCUT2D eigenvalue weighted by atomic mass is 9.95. The van der Waals surface area contributed by atoms with Crippen LogP contribution < -0.4 is 5.32 Å². The van der Waals surface area contributed by atoms with E-state index in [-0.39, 0.29) is 0 Å². The summed E-state index contributed by atoms with van der Waals surface area (Å²) in [5.41, 5.74) is 1.41. The summed E-state index contributed by atoms with van der Waals surface area (Å²) in [5, 5.41) is 14.0. The molecule has 0 fully saturated rings. The summed E-state index contributed by atoms with van der Waals surface area (Å²) in [5.74, 6) is 0. The molecule has 0 aromatic heterocycles. The SMILES string of the molecule is C[C@@H](Cc1ccccc1)NC[C@@](C)(O)c1ccccc1. The zero-order valence-electron chi connectivity index (χ0n) is 12.2. The summed E-state index contributed by atoms with van der Waals surface area (Å²) in [6.45, 7) is 4.55. The Hall–Kier alpha value is -1.64. The van der Waals surface area contributed by atoms with Crippen LogP contribution in [0.15, 0.2) is 60.7 Å². The normalized spacial score (nSPS) is 15.6. The van der Waals surface area contributed by atoms with Gasteiger partial charge in [0.15, 0.2) is 0 Å². The first-order chi connectivity index (χ1) is 9.58. The molecular formula is C18H23NO. The van der Waals surface area contributed by atoms with E-state index in [4.69, 9.17) is 0 Å². The van der Waals surface area contributed by atoms with Crippen molar-refractivity contribution in [2.75, 3.05) is 6.54 Å². The predicted molar refractivity (Wildman–Crippen MR) is 83.6 cm³/mol. The molecule has 2 atom stereocenters. The van der Waals surface area contributed by atoms with Crippen LogP contribution in [0.5, 0.6) is 0 Å². The molecule has 0 spiro atoms. The van der Waals surface area contributed by atoms with Crippen molar-refractivity contribution < 1.29 is 5.11 Å². The molecule has 0 saturated carbocycles. The highest BCUT2D eigenvalue weighted by Gasteiger charge is 2.22. The van der Waals surface area contributed by atoms with E-state index in [0.29, 0.717) is 12.6 Å². The van der Waals surface area contributed by atoms with Gasteiger partial charge in [-0.1, -0.05) is 60.7 Å². The van der Waals surface area contributed by atoms with E-state index in [1.165, 1.54) is 5.56 Å². The molecule has 2 heteroatoms. The first-order valence-electron chi connectivity index (χ1n) is 7.13. The second kappa shape index (κ2) is 6.69. The number of hydrogen-bond acceptors (Lipinski definition) is 2. The largest absolute Gasteiger partial charge is 0.384 e. The third kappa shape index (κ3) is 4.19. The third-order valence-electron chi connectivity index (χ3n) is 3.58. The van der Waals surface area contributed by atoms with Gasteiger partial charge >= 0.3 is 0 Å². The number of aliphatic hydroxyl groups is 1. The lowest BCUT2D eigenvalue weighted by molar-refractivity contribution is 0.0544. The number of benzene rings is 2. The molecule has 20 heavy (non-hydrogen) atoms. The quantitative estimate of drug-likeness (QED) is 0.844. The Morgan fingerprint density at radius 2 is 1.55 bits per heavy atom. The smallest absolute Gasteiger partial charge is 0.0992 e. The maximum absolute atomic E-state index is 10.5.